The molecule has 32 heteroatoms. The lowest BCUT2D eigenvalue weighted by Crippen LogP contribution is -2.60. The van der Waals surface area contributed by atoms with Crippen molar-refractivity contribution in [2.45, 2.75) is 186 Å². The molecule has 0 aliphatic carbocycles. The third-order valence-corrected chi connectivity index (χ3v) is 12.5. The van der Waals surface area contributed by atoms with Crippen LogP contribution in [0.15, 0.2) is 0 Å². The molecule has 0 heterocycles. The van der Waals surface area contributed by atoms with E-state index in [9.17, 15) is 63.0 Å². The molecule has 0 saturated carbocycles. The van der Waals surface area contributed by atoms with Gasteiger partial charge in [0.1, 0.15) is 42.3 Å². The maximum Gasteiger partial charge on any atom is 0.303 e. The second kappa shape index (κ2) is 41.0. The van der Waals surface area contributed by atoms with Gasteiger partial charge in [-0.25, -0.2) is 0 Å². The molecule has 0 fully saturated rings. The molecular weight excluding hydrogens is 1070 g/mol. The highest BCUT2D eigenvalue weighted by Gasteiger charge is 2.35. The van der Waals surface area contributed by atoms with E-state index in [-0.39, 0.29) is 88.5 Å². The number of rotatable bonds is 43. The smallest absolute Gasteiger partial charge is 0.303 e. The van der Waals surface area contributed by atoms with Gasteiger partial charge in [-0.2, -0.15) is 0 Å². The molecule has 0 spiro atoms. The van der Waals surface area contributed by atoms with Crippen molar-refractivity contribution < 1.29 is 63.0 Å². The summed E-state index contributed by atoms with van der Waals surface area (Å²) in [7, 11) is 0. The van der Waals surface area contributed by atoms with Crippen molar-refractivity contribution >= 4 is 83.0 Å². The number of hydrogen-bond donors (Lipinski definition) is 21. The lowest BCUT2D eigenvalue weighted by atomic mass is 9.96. The van der Waals surface area contributed by atoms with Crippen LogP contribution in [-0.4, -0.2) is 174 Å². The third kappa shape index (κ3) is 34.2. The monoisotopic (exact) mass is 1170 g/mol. The SMILES string of the molecule is CC[C@@H](C)[C@H](NC(=O)[C@H](CCCNC(=N)N)NC(=O)[C@H](CCC(=O)O)NC(=O)[C@H](CCCCN)NC(=O)[C@H](CCCNC(=N)N)NC(C)=O)C(=O)N[C@@H](CCC(=O)O)C(=O)NCC(=O)N[C@@H](CC(C)C)C(=O)N[C@H](C)CCCNC(=N)N. The Hall–Kier alpha value is -8.06. The van der Waals surface area contributed by atoms with Crippen LogP contribution < -0.4 is 86.7 Å². The summed E-state index contributed by atoms with van der Waals surface area (Å²) in [6, 6.07) is -9.99. The maximum absolute atomic E-state index is 14.3. The van der Waals surface area contributed by atoms with Crippen LogP contribution in [-0.2, 0) is 52.7 Å². The van der Waals surface area contributed by atoms with Gasteiger partial charge in [-0.15, -0.1) is 0 Å². The molecule has 0 aromatic heterocycles. The van der Waals surface area contributed by atoms with Crippen LogP contribution in [0.25, 0.3) is 0 Å². The van der Waals surface area contributed by atoms with Crippen LogP contribution in [0.3, 0.4) is 0 Å². The number of hydrogen-bond acceptors (Lipinski definition) is 15. The van der Waals surface area contributed by atoms with Crippen molar-refractivity contribution in [1.29, 1.82) is 16.2 Å². The zero-order chi connectivity index (χ0) is 62.5. The van der Waals surface area contributed by atoms with Gasteiger partial charge in [-0.1, -0.05) is 34.1 Å². The summed E-state index contributed by atoms with van der Waals surface area (Å²) in [4.78, 5) is 146. The molecule has 82 heavy (non-hydrogen) atoms. The maximum atomic E-state index is 14.3. The molecule has 0 aromatic carbocycles. The van der Waals surface area contributed by atoms with Gasteiger partial charge in [-0.05, 0) is 102 Å². The Kier molecular flexibility index (Phi) is 37.0. The number of nitrogens with two attached hydrogens (primary N) is 4. The largest absolute Gasteiger partial charge is 0.481 e. The molecule has 9 atom stereocenters. The fraction of sp³-hybridized carbons (Fsp3) is 0.720. The molecular formula is C50H93N19O13. The van der Waals surface area contributed by atoms with Crippen LogP contribution in [0.5, 0.6) is 0 Å². The standard InChI is InChI=1S/C50H93N19O13/c1-7-28(4)40(47(82)68-34(17-19-38(72)73)41(76)61-26-37(71)64-36(25-27(2)3)46(81)62-29(5)13-10-22-58-48(52)53)69-45(80)33(16-12-24-60-50(56)57)66-44(79)35(18-20-39(74)75)67-43(78)32(14-8-9-21-51)65-42(77)31(63-30(6)70)15-11-23-59-49(54)55/h27-29,31-36,40H,7-26,51H2,1-6H3,(H,61,76)(H,62,81)(H,63,70)(H,64,71)(H,65,77)(H,66,79)(H,67,78)(H,68,82)(H,69,80)(H,72,73)(H,74,75)(H4,52,53,58)(H4,54,55,59)(H4,56,57,60)/t28-,29-,31+,32+,33+,34+,35+,36+,40+/m1/s1. The Morgan fingerprint density at radius 1 is 0.451 bits per heavy atom. The van der Waals surface area contributed by atoms with E-state index in [1.54, 1.807) is 20.8 Å². The Morgan fingerprint density at radius 3 is 1.26 bits per heavy atom. The van der Waals surface area contributed by atoms with Crippen LogP contribution in [0.2, 0.25) is 0 Å². The average Bonchev–Trinajstić information content (AvgIpc) is 3.42. The van der Waals surface area contributed by atoms with Crippen molar-refractivity contribution in [3.8, 4) is 0 Å². The fourth-order valence-corrected chi connectivity index (χ4v) is 8.00. The molecule has 466 valence electrons. The third-order valence-electron chi connectivity index (χ3n) is 12.5. The van der Waals surface area contributed by atoms with E-state index in [1.807, 2.05) is 13.8 Å². The summed E-state index contributed by atoms with van der Waals surface area (Å²) in [6.07, 6.45) is 0.265. The van der Waals surface area contributed by atoms with Gasteiger partial charge in [0, 0.05) is 45.4 Å². The van der Waals surface area contributed by atoms with E-state index < -0.39 is 152 Å². The van der Waals surface area contributed by atoms with Crippen molar-refractivity contribution in [1.82, 2.24) is 63.8 Å². The topological polar surface area (TPSA) is 548 Å². The molecule has 25 N–H and O–H groups in total. The molecule has 0 rings (SSSR count). The highest BCUT2D eigenvalue weighted by Crippen LogP contribution is 2.13. The number of nitrogens with one attached hydrogen (secondary N) is 15. The second-order valence-corrected chi connectivity index (χ2v) is 20.3. The Morgan fingerprint density at radius 2 is 0.841 bits per heavy atom. The predicted octanol–water partition coefficient (Wildman–Crippen LogP) is -4.24. The minimum atomic E-state index is -1.64. The first-order chi connectivity index (χ1) is 38.5. The normalized spacial score (nSPS) is 14.1. The second-order valence-electron chi connectivity index (χ2n) is 20.3. The number of guanidine groups is 3. The van der Waals surface area contributed by atoms with Gasteiger partial charge in [0.2, 0.25) is 53.2 Å². The van der Waals surface area contributed by atoms with Crippen molar-refractivity contribution in [3.63, 3.8) is 0 Å². The highest BCUT2D eigenvalue weighted by molar-refractivity contribution is 5.98. The molecule has 0 bridgehead atoms. The van der Waals surface area contributed by atoms with E-state index >= 15 is 0 Å². The van der Waals surface area contributed by atoms with Crippen LogP contribution in [0, 0.1) is 28.1 Å². The number of carboxylic acid groups (broad SMARTS) is 2. The number of carbonyl (C=O) groups is 11. The molecule has 9 amide bonds. The number of amides is 9. The van der Waals surface area contributed by atoms with E-state index in [0.717, 1.165) is 0 Å². The first-order valence-corrected chi connectivity index (χ1v) is 27.5. The van der Waals surface area contributed by atoms with Gasteiger partial charge in [0.15, 0.2) is 17.9 Å². The molecule has 0 aliphatic heterocycles. The molecule has 0 aliphatic rings. The Bertz CT molecular complexity index is 2150. The molecule has 32 nitrogen and oxygen atoms in total. The van der Waals surface area contributed by atoms with E-state index in [1.165, 1.54) is 6.92 Å². The summed E-state index contributed by atoms with van der Waals surface area (Å²) in [5.74, 6) is -11.7. The number of aliphatic carboxylic acids is 2. The van der Waals surface area contributed by atoms with Gasteiger partial charge < -0.3 is 96.9 Å². The minimum Gasteiger partial charge on any atom is -0.481 e. The van der Waals surface area contributed by atoms with Crippen LogP contribution >= 0.6 is 0 Å². The van der Waals surface area contributed by atoms with Gasteiger partial charge in [-0.3, -0.25) is 69.0 Å². The zero-order valence-electron chi connectivity index (χ0n) is 48.1. The molecule has 0 radical (unpaired) electrons. The van der Waals surface area contributed by atoms with Crippen LogP contribution in [0.4, 0.5) is 0 Å². The summed E-state index contributed by atoms with van der Waals surface area (Å²) in [5.41, 5.74) is 21.8. The summed E-state index contributed by atoms with van der Waals surface area (Å²) in [5, 5.41) is 72.2. The Labute approximate surface area is 478 Å². The van der Waals surface area contributed by atoms with E-state index in [4.69, 9.17) is 39.2 Å². The van der Waals surface area contributed by atoms with Crippen molar-refractivity contribution in [2.24, 2.45) is 34.8 Å². The van der Waals surface area contributed by atoms with Crippen molar-refractivity contribution in [3.05, 3.63) is 0 Å². The predicted molar refractivity (Wildman–Crippen MR) is 303 cm³/mol. The zero-order valence-corrected chi connectivity index (χ0v) is 48.1. The van der Waals surface area contributed by atoms with E-state index in [0.29, 0.717) is 32.2 Å². The van der Waals surface area contributed by atoms with Gasteiger partial charge in [0.25, 0.3) is 0 Å². The highest BCUT2D eigenvalue weighted by atomic mass is 16.4. The quantitative estimate of drug-likeness (QED) is 0.0156. The van der Waals surface area contributed by atoms with E-state index in [2.05, 4.69) is 63.8 Å². The lowest BCUT2D eigenvalue weighted by Gasteiger charge is -2.29. The molecule has 0 unspecified atom stereocenters. The summed E-state index contributed by atoms with van der Waals surface area (Å²) in [6.45, 7) is 10.1. The Balaban J connectivity index is 6.72. The summed E-state index contributed by atoms with van der Waals surface area (Å²) < 4.78 is 0. The molecule has 0 aromatic rings. The van der Waals surface area contributed by atoms with Gasteiger partial charge in [0.05, 0.1) is 6.54 Å². The number of unbranched alkanes of at least 4 members (excludes halogenated alkanes) is 1. The average molecular weight is 1170 g/mol. The summed E-state index contributed by atoms with van der Waals surface area (Å²) >= 11 is 0. The molecule has 0 saturated heterocycles. The fourth-order valence-electron chi connectivity index (χ4n) is 8.00. The van der Waals surface area contributed by atoms with Crippen LogP contribution in [0.1, 0.15) is 138 Å². The number of carbonyl (C=O) groups excluding carboxylic acids is 9. The van der Waals surface area contributed by atoms with Crippen molar-refractivity contribution in [2.75, 3.05) is 32.7 Å². The first kappa shape index (κ1) is 73.9. The van der Waals surface area contributed by atoms with Gasteiger partial charge >= 0.3 is 11.9 Å². The first-order valence-electron chi connectivity index (χ1n) is 27.5. The minimum absolute atomic E-state index is 0.00821. The lowest BCUT2D eigenvalue weighted by molar-refractivity contribution is -0.139. The number of carboxylic acids is 2.